The van der Waals surface area contributed by atoms with Gasteiger partial charge in [-0.05, 0) is 25.3 Å². The maximum atomic E-state index is 11.1. The molecule has 0 aromatic carbocycles. The van der Waals surface area contributed by atoms with E-state index in [9.17, 15) is 4.79 Å². The van der Waals surface area contributed by atoms with Gasteiger partial charge < -0.3 is 4.74 Å². The molecular weight excluding hydrogens is 140 g/mol. The summed E-state index contributed by atoms with van der Waals surface area (Å²) in [4.78, 5) is 11.1. The van der Waals surface area contributed by atoms with E-state index in [2.05, 4.69) is 0 Å². The van der Waals surface area contributed by atoms with Crippen molar-refractivity contribution in [2.24, 2.45) is 0 Å². The van der Waals surface area contributed by atoms with Gasteiger partial charge in [-0.15, -0.1) is 0 Å². The summed E-state index contributed by atoms with van der Waals surface area (Å²) in [5.41, 5.74) is 0. The van der Waals surface area contributed by atoms with E-state index < -0.39 is 0 Å². The van der Waals surface area contributed by atoms with E-state index in [-0.39, 0.29) is 5.78 Å². The summed E-state index contributed by atoms with van der Waals surface area (Å²) in [7, 11) is 0. The fraction of sp³-hybridized carbons (Fsp3) is 0.667. The lowest BCUT2D eigenvalue weighted by atomic mass is 10.1. The fourth-order valence-electron chi connectivity index (χ4n) is 1.08. The first kappa shape index (κ1) is 8.31. The van der Waals surface area contributed by atoms with Crippen LogP contribution in [0.25, 0.3) is 0 Å². The van der Waals surface area contributed by atoms with E-state index in [1.165, 1.54) is 0 Å². The monoisotopic (exact) mass is 154 g/mol. The van der Waals surface area contributed by atoms with Crippen LogP contribution in [0, 0.1) is 0 Å². The van der Waals surface area contributed by atoms with Crippen molar-refractivity contribution in [1.82, 2.24) is 0 Å². The molecule has 0 N–H and O–H groups in total. The molecule has 0 fully saturated rings. The Kier molecular flexibility index (Phi) is 3.14. The average Bonchev–Trinajstić information content (AvgIpc) is 2.03. The molecule has 0 saturated carbocycles. The number of ether oxygens (including phenoxy) is 1. The molecule has 0 amide bonds. The Labute approximate surface area is 67.2 Å². The van der Waals surface area contributed by atoms with Crippen LogP contribution in [0.2, 0.25) is 0 Å². The Balaban J connectivity index is 2.41. The summed E-state index contributed by atoms with van der Waals surface area (Å²) < 4.78 is 5.26. The highest BCUT2D eigenvalue weighted by molar-refractivity contribution is 5.94. The summed E-state index contributed by atoms with van der Waals surface area (Å²) in [5.74, 6) is 0.766. The predicted molar refractivity (Wildman–Crippen MR) is 43.2 cm³/mol. The van der Waals surface area contributed by atoms with Crippen molar-refractivity contribution >= 4 is 5.78 Å². The minimum atomic E-state index is 0.171. The molecule has 1 rings (SSSR count). The first-order chi connectivity index (χ1) is 5.34. The van der Waals surface area contributed by atoms with Gasteiger partial charge >= 0.3 is 0 Å². The van der Waals surface area contributed by atoms with Gasteiger partial charge in [-0.1, -0.05) is 6.92 Å². The highest BCUT2D eigenvalue weighted by Gasteiger charge is 2.13. The lowest BCUT2D eigenvalue weighted by Crippen LogP contribution is -2.10. The van der Waals surface area contributed by atoms with Crippen LogP contribution in [0.4, 0.5) is 0 Å². The van der Waals surface area contributed by atoms with Gasteiger partial charge in [0.25, 0.3) is 0 Å². The second kappa shape index (κ2) is 4.16. The van der Waals surface area contributed by atoms with Gasteiger partial charge in [-0.25, -0.2) is 0 Å². The van der Waals surface area contributed by atoms with Gasteiger partial charge in [0.1, 0.15) is 0 Å². The molecule has 0 saturated heterocycles. The highest BCUT2D eigenvalue weighted by atomic mass is 16.5. The smallest absolute Gasteiger partial charge is 0.197 e. The minimum Gasteiger partial charge on any atom is -0.490 e. The fourth-order valence-corrected chi connectivity index (χ4v) is 1.08. The molecule has 0 aliphatic heterocycles. The van der Waals surface area contributed by atoms with Crippen molar-refractivity contribution in [3.05, 3.63) is 11.8 Å². The summed E-state index contributed by atoms with van der Waals surface area (Å²) in [6.07, 6.45) is 5.50. The zero-order valence-electron chi connectivity index (χ0n) is 6.93. The van der Waals surface area contributed by atoms with Gasteiger partial charge in [0.05, 0.1) is 6.61 Å². The molecule has 1 aliphatic rings. The van der Waals surface area contributed by atoms with Crippen molar-refractivity contribution in [2.45, 2.75) is 32.6 Å². The lowest BCUT2D eigenvalue weighted by Gasteiger charge is -2.11. The normalized spacial score (nSPS) is 17.9. The van der Waals surface area contributed by atoms with Crippen molar-refractivity contribution < 1.29 is 9.53 Å². The Hall–Kier alpha value is -0.790. The van der Waals surface area contributed by atoms with Crippen molar-refractivity contribution in [1.29, 1.82) is 0 Å². The third-order valence-corrected chi connectivity index (χ3v) is 1.67. The van der Waals surface area contributed by atoms with Gasteiger partial charge in [-0.2, -0.15) is 0 Å². The molecule has 0 heterocycles. The van der Waals surface area contributed by atoms with Crippen LogP contribution >= 0.6 is 0 Å². The van der Waals surface area contributed by atoms with Gasteiger partial charge in [0, 0.05) is 6.42 Å². The van der Waals surface area contributed by atoms with E-state index in [1.54, 1.807) is 0 Å². The Morgan fingerprint density at radius 1 is 1.64 bits per heavy atom. The standard InChI is InChI=1S/C9H14O2/c1-2-7-11-9-6-4-3-5-8(9)10/h6H,2-5,7H2,1H3. The number of carbonyl (C=O) groups excluding carboxylic acids is 1. The quantitative estimate of drug-likeness (QED) is 0.622. The van der Waals surface area contributed by atoms with Crippen LogP contribution in [0.1, 0.15) is 32.6 Å². The minimum absolute atomic E-state index is 0.171. The maximum absolute atomic E-state index is 11.1. The molecule has 0 aromatic heterocycles. The maximum Gasteiger partial charge on any atom is 0.197 e. The molecule has 0 bridgehead atoms. The Morgan fingerprint density at radius 3 is 3.09 bits per heavy atom. The molecule has 0 atom stereocenters. The van der Waals surface area contributed by atoms with Crippen molar-refractivity contribution in [2.75, 3.05) is 6.61 Å². The third kappa shape index (κ3) is 2.37. The van der Waals surface area contributed by atoms with Crippen molar-refractivity contribution in [3.63, 3.8) is 0 Å². The van der Waals surface area contributed by atoms with Gasteiger partial charge in [-0.3, -0.25) is 4.79 Å². The number of allylic oxidation sites excluding steroid dienone is 2. The molecule has 2 nitrogen and oxygen atoms in total. The number of rotatable bonds is 3. The molecule has 62 valence electrons. The van der Waals surface area contributed by atoms with Gasteiger partial charge in [0.15, 0.2) is 11.5 Å². The molecule has 0 unspecified atom stereocenters. The summed E-state index contributed by atoms with van der Waals surface area (Å²) >= 11 is 0. The van der Waals surface area contributed by atoms with Crippen LogP contribution < -0.4 is 0 Å². The van der Waals surface area contributed by atoms with Crippen LogP contribution in [0.15, 0.2) is 11.8 Å². The van der Waals surface area contributed by atoms with E-state index >= 15 is 0 Å². The van der Waals surface area contributed by atoms with Crippen LogP contribution in [-0.4, -0.2) is 12.4 Å². The second-order valence-electron chi connectivity index (χ2n) is 2.73. The molecule has 11 heavy (non-hydrogen) atoms. The summed E-state index contributed by atoms with van der Waals surface area (Å²) in [6.45, 7) is 2.70. The predicted octanol–water partition coefficient (Wildman–Crippen LogP) is 2.05. The Bertz CT molecular complexity index is 170. The molecule has 0 aromatic rings. The number of hydrogen-bond acceptors (Lipinski definition) is 2. The number of carbonyl (C=O) groups is 1. The number of ketones is 1. The number of hydrogen-bond donors (Lipinski definition) is 0. The largest absolute Gasteiger partial charge is 0.490 e. The van der Waals surface area contributed by atoms with E-state index in [4.69, 9.17) is 4.74 Å². The summed E-state index contributed by atoms with van der Waals surface area (Å²) in [5, 5.41) is 0. The SMILES string of the molecule is CCCOC1=CCCCC1=O. The highest BCUT2D eigenvalue weighted by Crippen LogP contribution is 2.14. The van der Waals surface area contributed by atoms with E-state index in [1.807, 2.05) is 13.0 Å². The Morgan fingerprint density at radius 2 is 2.45 bits per heavy atom. The second-order valence-corrected chi connectivity index (χ2v) is 2.73. The van der Waals surface area contributed by atoms with Gasteiger partial charge in [0.2, 0.25) is 0 Å². The van der Waals surface area contributed by atoms with Crippen LogP contribution in [-0.2, 0) is 9.53 Å². The molecule has 2 heteroatoms. The number of Topliss-reactive ketones (excluding diaryl/α,β-unsaturated/α-hetero) is 1. The molecular formula is C9H14O2. The average molecular weight is 154 g/mol. The first-order valence-corrected chi connectivity index (χ1v) is 4.20. The third-order valence-electron chi connectivity index (χ3n) is 1.67. The zero-order chi connectivity index (χ0) is 8.10. The lowest BCUT2D eigenvalue weighted by molar-refractivity contribution is -0.119. The topological polar surface area (TPSA) is 26.3 Å². The van der Waals surface area contributed by atoms with Crippen LogP contribution in [0.5, 0.6) is 0 Å². The molecule has 0 radical (unpaired) electrons. The molecule has 1 aliphatic carbocycles. The van der Waals surface area contributed by atoms with Crippen molar-refractivity contribution in [3.8, 4) is 0 Å². The summed E-state index contributed by atoms with van der Waals surface area (Å²) in [6, 6.07) is 0. The zero-order valence-corrected chi connectivity index (χ0v) is 6.93. The van der Waals surface area contributed by atoms with E-state index in [0.29, 0.717) is 18.8 Å². The van der Waals surface area contributed by atoms with Crippen LogP contribution in [0.3, 0.4) is 0 Å². The van der Waals surface area contributed by atoms with E-state index in [0.717, 1.165) is 19.3 Å². The molecule has 0 spiro atoms. The first-order valence-electron chi connectivity index (χ1n) is 4.20.